The monoisotopic (exact) mass is 326 g/mol. The van der Waals surface area contributed by atoms with E-state index in [1.165, 1.54) is 17.8 Å². The van der Waals surface area contributed by atoms with Crippen LogP contribution in [0.15, 0.2) is 28.2 Å². The van der Waals surface area contributed by atoms with E-state index in [0.29, 0.717) is 10.6 Å². The highest BCUT2D eigenvalue weighted by Crippen LogP contribution is 2.36. The fourth-order valence-corrected chi connectivity index (χ4v) is 2.98. The summed E-state index contributed by atoms with van der Waals surface area (Å²) in [6.07, 6.45) is 3.24. The quantitative estimate of drug-likeness (QED) is 0.820. The van der Waals surface area contributed by atoms with E-state index in [0.717, 1.165) is 31.0 Å². The molecule has 1 saturated carbocycles. The SMILES string of the molecule is O=C(Nn1cn[nH]c1=O)c1c(F)ccc(SCC2CC2)c1F. The second-order valence-electron chi connectivity index (χ2n) is 4.96. The maximum atomic E-state index is 14.4. The van der Waals surface area contributed by atoms with Crippen molar-refractivity contribution in [2.45, 2.75) is 17.7 Å². The average Bonchev–Trinajstić information content (AvgIpc) is 3.22. The Hall–Kier alpha value is -2.16. The van der Waals surface area contributed by atoms with Gasteiger partial charge in [-0.25, -0.2) is 18.7 Å². The third-order valence-corrected chi connectivity index (χ3v) is 4.49. The maximum absolute atomic E-state index is 14.4. The Morgan fingerprint density at radius 2 is 2.23 bits per heavy atom. The van der Waals surface area contributed by atoms with Crippen molar-refractivity contribution >= 4 is 17.7 Å². The molecule has 0 saturated heterocycles. The molecule has 1 aromatic carbocycles. The Bertz CT molecular complexity index is 770. The first kappa shape index (κ1) is 14.8. The van der Waals surface area contributed by atoms with Crippen LogP contribution < -0.4 is 11.1 Å². The fourth-order valence-electron chi connectivity index (χ4n) is 1.84. The molecule has 22 heavy (non-hydrogen) atoms. The molecule has 116 valence electrons. The highest BCUT2D eigenvalue weighted by molar-refractivity contribution is 7.99. The van der Waals surface area contributed by atoms with Crippen LogP contribution in [-0.2, 0) is 0 Å². The van der Waals surface area contributed by atoms with E-state index >= 15 is 0 Å². The number of carbonyl (C=O) groups excluding carboxylic acids is 1. The van der Waals surface area contributed by atoms with E-state index in [2.05, 4.69) is 15.6 Å². The summed E-state index contributed by atoms with van der Waals surface area (Å²) >= 11 is 1.26. The van der Waals surface area contributed by atoms with E-state index in [9.17, 15) is 18.4 Å². The van der Waals surface area contributed by atoms with Crippen LogP contribution in [0.2, 0.25) is 0 Å². The molecule has 2 aromatic rings. The van der Waals surface area contributed by atoms with Crippen molar-refractivity contribution in [2.24, 2.45) is 5.92 Å². The molecule has 1 fully saturated rings. The lowest BCUT2D eigenvalue weighted by Gasteiger charge is -2.09. The van der Waals surface area contributed by atoms with Gasteiger partial charge in [-0.2, -0.15) is 9.77 Å². The topological polar surface area (TPSA) is 79.8 Å². The summed E-state index contributed by atoms with van der Waals surface area (Å²) in [6, 6.07) is 2.36. The highest BCUT2D eigenvalue weighted by Gasteiger charge is 2.25. The molecule has 0 bridgehead atoms. The van der Waals surface area contributed by atoms with Gasteiger partial charge in [0.25, 0.3) is 5.91 Å². The molecule has 1 aromatic heterocycles. The number of hydrogen-bond acceptors (Lipinski definition) is 4. The average molecular weight is 326 g/mol. The molecule has 9 heteroatoms. The fraction of sp³-hybridized carbons (Fsp3) is 0.308. The summed E-state index contributed by atoms with van der Waals surface area (Å²) < 4.78 is 28.9. The summed E-state index contributed by atoms with van der Waals surface area (Å²) in [7, 11) is 0. The van der Waals surface area contributed by atoms with E-state index in [1.807, 2.05) is 0 Å². The molecule has 6 nitrogen and oxygen atoms in total. The van der Waals surface area contributed by atoms with Gasteiger partial charge in [-0.1, -0.05) is 0 Å². The standard InChI is InChI=1S/C13H12F2N4O2S/c14-8-3-4-9(22-5-7-1-2-7)11(15)10(8)12(20)18-19-6-16-17-13(19)21/h3-4,6-7H,1-2,5H2,(H,17,21)(H,18,20). The molecule has 0 aliphatic heterocycles. The van der Waals surface area contributed by atoms with Gasteiger partial charge in [0.2, 0.25) is 0 Å². The molecule has 0 spiro atoms. The van der Waals surface area contributed by atoms with Gasteiger partial charge in [0.15, 0.2) is 5.82 Å². The van der Waals surface area contributed by atoms with Crippen molar-refractivity contribution in [3.8, 4) is 0 Å². The third-order valence-electron chi connectivity index (χ3n) is 3.23. The minimum Gasteiger partial charge on any atom is -0.267 e. The molecule has 1 aliphatic carbocycles. The van der Waals surface area contributed by atoms with E-state index in [4.69, 9.17) is 0 Å². The predicted octanol–water partition coefficient (Wildman–Crippen LogP) is 1.74. The number of carbonyl (C=O) groups is 1. The van der Waals surface area contributed by atoms with Crippen molar-refractivity contribution < 1.29 is 13.6 Å². The van der Waals surface area contributed by atoms with Crippen LogP contribution in [0.3, 0.4) is 0 Å². The minimum atomic E-state index is -1.05. The van der Waals surface area contributed by atoms with Gasteiger partial charge in [0.1, 0.15) is 17.7 Å². The Labute approximate surface area is 127 Å². The molecule has 0 atom stereocenters. The smallest absolute Gasteiger partial charge is 0.267 e. The number of H-pyrrole nitrogens is 1. The third kappa shape index (κ3) is 3.03. The van der Waals surface area contributed by atoms with Gasteiger partial charge in [-0.15, -0.1) is 11.8 Å². The van der Waals surface area contributed by atoms with Crippen molar-refractivity contribution in [3.05, 3.63) is 46.1 Å². The van der Waals surface area contributed by atoms with E-state index in [-0.39, 0.29) is 4.90 Å². The van der Waals surface area contributed by atoms with Crippen LogP contribution in [0.4, 0.5) is 8.78 Å². The second-order valence-corrected chi connectivity index (χ2v) is 6.02. The summed E-state index contributed by atoms with van der Waals surface area (Å²) in [5.74, 6) is -1.64. The number of rotatable bonds is 5. The van der Waals surface area contributed by atoms with Crippen LogP contribution in [0.5, 0.6) is 0 Å². The normalized spacial score (nSPS) is 14.1. The van der Waals surface area contributed by atoms with Crippen LogP contribution in [0, 0.1) is 17.6 Å². The first-order valence-corrected chi connectivity index (χ1v) is 7.59. The molecule has 0 radical (unpaired) electrons. The van der Waals surface area contributed by atoms with Crippen LogP contribution in [0.1, 0.15) is 23.2 Å². The molecule has 1 amide bonds. The Morgan fingerprint density at radius 1 is 1.45 bits per heavy atom. The highest BCUT2D eigenvalue weighted by atomic mass is 32.2. The first-order valence-electron chi connectivity index (χ1n) is 6.60. The molecule has 1 aliphatic rings. The largest absolute Gasteiger partial charge is 0.362 e. The van der Waals surface area contributed by atoms with Crippen molar-refractivity contribution in [1.82, 2.24) is 14.9 Å². The number of benzene rings is 1. The number of aromatic amines is 1. The van der Waals surface area contributed by atoms with Crippen LogP contribution in [-0.4, -0.2) is 26.5 Å². The second kappa shape index (κ2) is 5.91. The van der Waals surface area contributed by atoms with E-state index in [1.54, 1.807) is 0 Å². The van der Waals surface area contributed by atoms with Crippen molar-refractivity contribution in [2.75, 3.05) is 11.2 Å². The number of nitrogens with one attached hydrogen (secondary N) is 2. The molecule has 0 unspecified atom stereocenters. The number of aromatic nitrogens is 3. The van der Waals surface area contributed by atoms with Crippen molar-refractivity contribution in [1.29, 1.82) is 0 Å². The zero-order chi connectivity index (χ0) is 15.7. The number of amides is 1. The number of nitrogens with zero attached hydrogens (tertiary/aromatic N) is 2. The first-order chi connectivity index (χ1) is 10.6. The molecular weight excluding hydrogens is 314 g/mol. The van der Waals surface area contributed by atoms with Gasteiger partial charge in [-0.3, -0.25) is 10.2 Å². The summed E-state index contributed by atoms with van der Waals surface area (Å²) in [4.78, 5) is 23.5. The number of halogens is 2. The van der Waals surface area contributed by atoms with Gasteiger partial charge in [-0.05, 0) is 30.9 Å². The van der Waals surface area contributed by atoms with Gasteiger partial charge in [0.05, 0.1) is 0 Å². The Morgan fingerprint density at radius 3 is 2.86 bits per heavy atom. The lowest BCUT2D eigenvalue weighted by molar-refractivity contribution is 0.0998. The predicted molar refractivity (Wildman–Crippen MR) is 76.3 cm³/mol. The van der Waals surface area contributed by atoms with Crippen LogP contribution in [0.25, 0.3) is 0 Å². The molecule has 3 rings (SSSR count). The molecule has 2 N–H and O–H groups in total. The lowest BCUT2D eigenvalue weighted by atomic mass is 10.2. The number of thioether (sulfide) groups is 1. The maximum Gasteiger partial charge on any atom is 0.362 e. The molecular formula is C13H12F2N4O2S. The van der Waals surface area contributed by atoms with Crippen molar-refractivity contribution in [3.63, 3.8) is 0 Å². The zero-order valence-electron chi connectivity index (χ0n) is 11.3. The summed E-state index contributed by atoms with van der Waals surface area (Å²) in [5, 5.41) is 5.46. The van der Waals surface area contributed by atoms with Gasteiger partial charge in [0, 0.05) is 10.6 Å². The minimum absolute atomic E-state index is 0.220. The summed E-state index contributed by atoms with van der Waals surface area (Å²) in [5.41, 5.74) is 0.646. The molecule has 1 heterocycles. The van der Waals surface area contributed by atoms with Crippen LogP contribution >= 0.6 is 11.8 Å². The zero-order valence-corrected chi connectivity index (χ0v) is 12.1. The lowest BCUT2D eigenvalue weighted by Crippen LogP contribution is -2.32. The number of hydrogen-bond donors (Lipinski definition) is 2. The Balaban J connectivity index is 1.84. The van der Waals surface area contributed by atoms with Gasteiger partial charge < -0.3 is 0 Å². The van der Waals surface area contributed by atoms with E-state index < -0.39 is 28.8 Å². The Kier molecular flexibility index (Phi) is 3.97. The summed E-state index contributed by atoms with van der Waals surface area (Å²) in [6.45, 7) is 0. The van der Waals surface area contributed by atoms with Gasteiger partial charge >= 0.3 is 5.69 Å².